The van der Waals surface area contributed by atoms with E-state index in [0.29, 0.717) is 19.7 Å². The average Bonchev–Trinajstić information content (AvgIpc) is 2.86. The van der Waals surface area contributed by atoms with E-state index < -0.39 is 5.82 Å². The van der Waals surface area contributed by atoms with Gasteiger partial charge in [0.25, 0.3) is 0 Å². The summed E-state index contributed by atoms with van der Waals surface area (Å²) in [5, 5.41) is 7.45. The Kier molecular flexibility index (Phi) is 5.46. The van der Waals surface area contributed by atoms with Gasteiger partial charge in [-0.1, -0.05) is 17.7 Å². The molecule has 0 aliphatic carbocycles. The van der Waals surface area contributed by atoms with Crippen LogP contribution in [0.5, 0.6) is 0 Å². The molecule has 5 nitrogen and oxygen atoms in total. The predicted octanol–water partition coefficient (Wildman–Crippen LogP) is 1.85. The van der Waals surface area contributed by atoms with Crippen LogP contribution in [0.3, 0.4) is 0 Å². The zero-order chi connectivity index (χ0) is 14.4. The molecule has 0 fully saturated rings. The number of nitrogens with one attached hydrogen (secondary N) is 1. The summed E-state index contributed by atoms with van der Waals surface area (Å²) in [6.45, 7) is 2.41. The fourth-order valence-electron chi connectivity index (χ4n) is 1.74. The second-order valence-corrected chi connectivity index (χ2v) is 4.66. The minimum atomic E-state index is -0.427. The molecule has 0 saturated heterocycles. The molecule has 0 radical (unpaired) electrons. The summed E-state index contributed by atoms with van der Waals surface area (Å²) in [6.07, 6.45) is 1.49. The van der Waals surface area contributed by atoms with Crippen molar-refractivity contribution >= 4 is 11.6 Å². The maximum absolute atomic E-state index is 13.4. The van der Waals surface area contributed by atoms with E-state index >= 15 is 0 Å². The second-order valence-electron chi connectivity index (χ2n) is 4.25. The SMILES string of the molecule is COCCNCc1ncnn1Cc1ccc(Cl)c(F)c1. The largest absolute Gasteiger partial charge is 0.383 e. The molecule has 20 heavy (non-hydrogen) atoms. The highest BCUT2D eigenvalue weighted by molar-refractivity contribution is 6.30. The summed E-state index contributed by atoms with van der Waals surface area (Å²) < 4.78 is 20.1. The van der Waals surface area contributed by atoms with Crippen LogP contribution in [-0.4, -0.2) is 35.0 Å². The predicted molar refractivity (Wildman–Crippen MR) is 74.1 cm³/mol. The lowest BCUT2D eigenvalue weighted by Crippen LogP contribution is -2.21. The quantitative estimate of drug-likeness (QED) is 0.793. The van der Waals surface area contributed by atoms with Crippen molar-refractivity contribution in [3.63, 3.8) is 0 Å². The maximum Gasteiger partial charge on any atom is 0.142 e. The molecule has 0 amide bonds. The van der Waals surface area contributed by atoms with Gasteiger partial charge in [0.05, 0.1) is 24.7 Å². The van der Waals surface area contributed by atoms with Crippen LogP contribution in [0.15, 0.2) is 24.5 Å². The van der Waals surface area contributed by atoms with Gasteiger partial charge in [-0.3, -0.25) is 0 Å². The summed E-state index contributed by atoms with van der Waals surface area (Å²) >= 11 is 5.66. The van der Waals surface area contributed by atoms with Gasteiger partial charge in [0.2, 0.25) is 0 Å². The number of benzene rings is 1. The number of nitrogens with zero attached hydrogens (tertiary/aromatic N) is 3. The van der Waals surface area contributed by atoms with Gasteiger partial charge in [-0.05, 0) is 17.7 Å². The van der Waals surface area contributed by atoms with E-state index in [1.165, 1.54) is 12.4 Å². The van der Waals surface area contributed by atoms with Gasteiger partial charge in [-0.15, -0.1) is 0 Å². The first-order valence-corrected chi connectivity index (χ1v) is 6.58. The van der Waals surface area contributed by atoms with Crippen LogP contribution in [0.25, 0.3) is 0 Å². The van der Waals surface area contributed by atoms with Crippen LogP contribution < -0.4 is 5.32 Å². The van der Waals surface area contributed by atoms with Gasteiger partial charge in [0, 0.05) is 13.7 Å². The summed E-state index contributed by atoms with van der Waals surface area (Å²) in [5.41, 5.74) is 0.788. The summed E-state index contributed by atoms with van der Waals surface area (Å²) in [4.78, 5) is 4.18. The molecule has 2 aromatic rings. The number of methoxy groups -OCH3 is 1. The zero-order valence-electron chi connectivity index (χ0n) is 11.1. The zero-order valence-corrected chi connectivity index (χ0v) is 11.9. The topological polar surface area (TPSA) is 52.0 Å². The van der Waals surface area contributed by atoms with E-state index in [0.717, 1.165) is 17.9 Å². The van der Waals surface area contributed by atoms with Gasteiger partial charge in [0.1, 0.15) is 18.0 Å². The lowest BCUT2D eigenvalue weighted by Gasteiger charge is -2.08. The Hall–Kier alpha value is -1.50. The van der Waals surface area contributed by atoms with Crippen LogP contribution >= 0.6 is 11.6 Å². The van der Waals surface area contributed by atoms with Crippen LogP contribution in [0.2, 0.25) is 5.02 Å². The second kappa shape index (κ2) is 7.33. The number of rotatable bonds is 7. The molecule has 0 bridgehead atoms. The Morgan fingerprint density at radius 3 is 3.05 bits per heavy atom. The van der Waals surface area contributed by atoms with Crippen LogP contribution in [0.4, 0.5) is 4.39 Å². The molecule has 1 heterocycles. The van der Waals surface area contributed by atoms with Gasteiger partial charge < -0.3 is 10.1 Å². The average molecular weight is 299 g/mol. The molecule has 0 saturated carbocycles. The number of aromatic nitrogens is 3. The Labute approximate surface area is 121 Å². The van der Waals surface area contributed by atoms with Crippen LogP contribution in [-0.2, 0) is 17.8 Å². The van der Waals surface area contributed by atoms with Crippen molar-refractivity contribution in [3.8, 4) is 0 Å². The lowest BCUT2D eigenvalue weighted by atomic mass is 10.2. The third kappa shape index (κ3) is 4.00. The Bertz CT molecular complexity index is 561. The highest BCUT2D eigenvalue weighted by Gasteiger charge is 2.06. The van der Waals surface area contributed by atoms with Crippen molar-refractivity contribution in [2.75, 3.05) is 20.3 Å². The van der Waals surface area contributed by atoms with Gasteiger partial charge in [0.15, 0.2) is 0 Å². The van der Waals surface area contributed by atoms with Crippen molar-refractivity contribution in [1.82, 2.24) is 20.1 Å². The number of hydrogen-bond donors (Lipinski definition) is 1. The molecule has 2 rings (SSSR count). The van der Waals surface area contributed by atoms with E-state index in [1.807, 2.05) is 0 Å². The minimum Gasteiger partial charge on any atom is -0.383 e. The molecule has 7 heteroatoms. The first-order valence-electron chi connectivity index (χ1n) is 6.21. The number of hydrogen-bond acceptors (Lipinski definition) is 4. The third-order valence-corrected chi connectivity index (χ3v) is 3.08. The van der Waals surface area contributed by atoms with Crippen molar-refractivity contribution in [2.24, 2.45) is 0 Å². The number of halogens is 2. The summed E-state index contributed by atoms with van der Waals surface area (Å²) in [5.74, 6) is 0.362. The summed E-state index contributed by atoms with van der Waals surface area (Å²) in [7, 11) is 1.65. The Morgan fingerprint density at radius 1 is 1.45 bits per heavy atom. The molecular weight excluding hydrogens is 283 g/mol. The fourth-order valence-corrected chi connectivity index (χ4v) is 1.86. The molecule has 0 aliphatic rings. The fraction of sp³-hybridized carbons (Fsp3) is 0.385. The third-order valence-electron chi connectivity index (χ3n) is 2.78. The molecule has 0 atom stereocenters. The maximum atomic E-state index is 13.4. The Morgan fingerprint density at radius 2 is 2.30 bits per heavy atom. The van der Waals surface area contributed by atoms with Gasteiger partial charge >= 0.3 is 0 Å². The highest BCUT2D eigenvalue weighted by Crippen LogP contribution is 2.16. The Balaban J connectivity index is 1.99. The monoisotopic (exact) mass is 298 g/mol. The van der Waals surface area contributed by atoms with Gasteiger partial charge in [-0.2, -0.15) is 5.10 Å². The molecule has 0 spiro atoms. The molecule has 108 valence electrons. The summed E-state index contributed by atoms with van der Waals surface area (Å²) in [6, 6.07) is 4.72. The molecule has 1 N–H and O–H groups in total. The molecule has 1 aromatic carbocycles. The van der Waals surface area contributed by atoms with Gasteiger partial charge in [-0.25, -0.2) is 14.1 Å². The molecule has 0 aliphatic heterocycles. The van der Waals surface area contributed by atoms with Crippen LogP contribution in [0, 0.1) is 5.82 Å². The standard InChI is InChI=1S/C13H16ClFN4O/c1-20-5-4-16-7-13-17-9-18-19(13)8-10-2-3-11(14)12(15)6-10/h2-3,6,9,16H,4-5,7-8H2,1H3. The van der Waals surface area contributed by atoms with E-state index in [4.69, 9.17) is 16.3 Å². The molecule has 1 aromatic heterocycles. The lowest BCUT2D eigenvalue weighted by molar-refractivity contribution is 0.198. The van der Waals surface area contributed by atoms with E-state index in [2.05, 4.69) is 15.4 Å². The van der Waals surface area contributed by atoms with Crippen molar-refractivity contribution in [3.05, 3.63) is 46.8 Å². The van der Waals surface area contributed by atoms with E-state index in [1.54, 1.807) is 23.9 Å². The van der Waals surface area contributed by atoms with Crippen molar-refractivity contribution in [1.29, 1.82) is 0 Å². The van der Waals surface area contributed by atoms with Crippen molar-refractivity contribution in [2.45, 2.75) is 13.1 Å². The molecular formula is C13H16ClFN4O. The minimum absolute atomic E-state index is 0.119. The number of ether oxygens (including phenoxy) is 1. The van der Waals surface area contributed by atoms with E-state index in [-0.39, 0.29) is 5.02 Å². The van der Waals surface area contributed by atoms with E-state index in [9.17, 15) is 4.39 Å². The highest BCUT2D eigenvalue weighted by atomic mass is 35.5. The normalized spacial score (nSPS) is 10.9. The first-order chi connectivity index (χ1) is 9.70. The molecule has 0 unspecified atom stereocenters. The first kappa shape index (κ1) is 14.9. The van der Waals surface area contributed by atoms with Crippen LogP contribution in [0.1, 0.15) is 11.4 Å². The smallest absolute Gasteiger partial charge is 0.142 e. The van der Waals surface area contributed by atoms with Crippen molar-refractivity contribution < 1.29 is 9.13 Å².